The Balaban J connectivity index is 2.09. The van der Waals surface area contributed by atoms with Crippen molar-refractivity contribution in [2.45, 2.75) is 18.9 Å². The van der Waals surface area contributed by atoms with Gasteiger partial charge in [0.25, 0.3) is 0 Å². The highest BCUT2D eigenvalue weighted by atomic mass is 19.4. The maximum atomic E-state index is 13.0. The minimum absolute atomic E-state index is 0.157. The molecule has 1 aromatic carbocycles. The van der Waals surface area contributed by atoms with Crippen molar-refractivity contribution in [2.75, 3.05) is 17.2 Å². The van der Waals surface area contributed by atoms with E-state index in [0.717, 1.165) is 0 Å². The second-order valence-corrected chi connectivity index (χ2v) is 5.51. The third kappa shape index (κ3) is 6.27. The molecule has 0 fully saturated rings. The zero-order valence-corrected chi connectivity index (χ0v) is 14.4. The van der Waals surface area contributed by atoms with Crippen LogP contribution in [-0.2, 0) is 17.5 Å². The van der Waals surface area contributed by atoms with Gasteiger partial charge in [0.2, 0.25) is 5.95 Å². The summed E-state index contributed by atoms with van der Waals surface area (Å²) in [6.45, 7) is -0.534. The van der Waals surface area contributed by atoms with Gasteiger partial charge in [0.15, 0.2) is 0 Å². The number of nitrogens with zero attached hydrogens (tertiary/aromatic N) is 2. The molecule has 0 saturated carbocycles. The fourth-order valence-corrected chi connectivity index (χ4v) is 2.04. The zero-order valence-electron chi connectivity index (χ0n) is 14.4. The highest BCUT2D eigenvalue weighted by Gasteiger charge is 2.38. The maximum Gasteiger partial charge on any atom is 0.471 e. The lowest BCUT2D eigenvalue weighted by molar-refractivity contribution is -0.173. The quantitative estimate of drug-likeness (QED) is 0.496. The van der Waals surface area contributed by atoms with Crippen LogP contribution in [0.1, 0.15) is 11.1 Å². The number of carbonyl (C=O) groups excluding carboxylic acids is 1. The second kappa shape index (κ2) is 8.68. The van der Waals surface area contributed by atoms with Gasteiger partial charge in [0, 0.05) is 18.4 Å². The van der Waals surface area contributed by atoms with Crippen LogP contribution in [0.3, 0.4) is 0 Å². The molecule has 0 unspecified atom stereocenters. The summed E-state index contributed by atoms with van der Waals surface area (Å²) in [6, 6.07) is 5.70. The zero-order chi connectivity index (χ0) is 21.7. The van der Waals surface area contributed by atoms with Gasteiger partial charge in [-0.1, -0.05) is 18.1 Å². The number of aromatic nitrogens is 2. The summed E-state index contributed by atoms with van der Waals surface area (Å²) >= 11 is 0. The Bertz CT molecular complexity index is 903. The van der Waals surface area contributed by atoms with E-state index in [0.29, 0.717) is 17.4 Å². The molecule has 1 heterocycles. The topological polar surface area (TPSA) is 78.9 Å². The number of nitrogens with one attached hydrogen (secondary N) is 3. The number of carbonyl (C=O) groups is 1. The van der Waals surface area contributed by atoms with Gasteiger partial charge in [-0.3, -0.25) is 4.79 Å². The van der Waals surface area contributed by atoms with E-state index in [1.165, 1.54) is 24.3 Å². The lowest BCUT2D eigenvalue weighted by Gasteiger charge is -2.14. The van der Waals surface area contributed by atoms with Crippen LogP contribution in [0.4, 0.5) is 43.8 Å². The summed E-state index contributed by atoms with van der Waals surface area (Å²) in [6.07, 6.45) is -4.03. The molecule has 3 N–H and O–H groups in total. The highest BCUT2D eigenvalue weighted by molar-refractivity contribution is 5.81. The van der Waals surface area contributed by atoms with Crippen molar-refractivity contribution in [3.05, 3.63) is 41.6 Å². The predicted octanol–water partition coefficient (Wildman–Crippen LogP) is 3.46. The standard InChI is InChI=1S/C17H13F6N5O/c1-2-7-24-13-12(16(18,19)20)9-26-15(28-13)27-11-5-3-10(4-6-11)8-25-14(29)17(21,22)23/h1,3-6,9H,7-8H2,(H,25,29)(H2,24,26,27,28). The van der Waals surface area contributed by atoms with Crippen LogP contribution in [0.5, 0.6) is 0 Å². The van der Waals surface area contributed by atoms with Crippen LogP contribution in [-0.4, -0.2) is 28.6 Å². The van der Waals surface area contributed by atoms with Gasteiger partial charge < -0.3 is 16.0 Å². The molecule has 0 saturated heterocycles. The number of halogens is 6. The Hall–Kier alpha value is -3.49. The van der Waals surface area contributed by atoms with E-state index in [4.69, 9.17) is 6.42 Å². The molecule has 2 rings (SSSR count). The number of terminal acetylenes is 1. The second-order valence-electron chi connectivity index (χ2n) is 5.51. The summed E-state index contributed by atoms with van der Waals surface area (Å²) in [7, 11) is 0. The average Bonchev–Trinajstić information content (AvgIpc) is 2.64. The smallest absolute Gasteiger partial charge is 0.358 e. The Morgan fingerprint density at radius 2 is 1.76 bits per heavy atom. The van der Waals surface area contributed by atoms with Gasteiger partial charge in [0.05, 0.1) is 6.54 Å². The van der Waals surface area contributed by atoms with Crippen molar-refractivity contribution >= 4 is 23.4 Å². The first-order valence-corrected chi connectivity index (χ1v) is 7.83. The van der Waals surface area contributed by atoms with E-state index in [2.05, 4.69) is 26.5 Å². The molecule has 29 heavy (non-hydrogen) atoms. The molecule has 12 heteroatoms. The third-order valence-corrected chi connectivity index (χ3v) is 3.37. The molecule has 2 aromatic rings. The summed E-state index contributed by atoms with van der Waals surface area (Å²) in [5, 5.41) is 6.75. The Morgan fingerprint density at radius 3 is 2.31 bits per heavy atom. The van der Waals surface area contributed by atoms with E-state index >= 15 is 0 Å². The van der Waals surface area contributed by atoms with Crippen molar-refractivity contribution in [1.82, 2.24) is 15.3 Å². The van der Waals surface area contributed by atoms with Gasteiger partial charge in [-0.05, 0) is 17.7 Å². The number of rotatable bonds is 6. The molecule has 0 atom stereocenters. The molecular weight excluding hydrogens is 404 g/mol. The largest absolute Gasteiger partial charge is 0.471 e. The Kier molecular flexibility index (Phi) is 6.53. The van der Waals surface area contributed by atoms with Crippen LogP contribution < -0.4 is 16.0 Å². The van der Waals surface area contributed by atoms with E-state index in [9.17, 15) is 31.1 Å². The summed E-state index contributed by atoms with van der Waals surface area (Å²) in [4.78, 5) is 18.1. The van der Waals surface area contributed by atoms with Crippen LogP contribution in [0.2, 0.25) is 0 Å². The lowest BCUT2D eigenvalue weighted by Crippen LogP contribution is -2.36. The number of hydrogen-bond acceptors (Lipinski definition) is 5. The molecule has 0 spiro atoms. The summed E-state index contributed by atoms with van der Waals surface area (Å²) in [5.41, 5.74) is -0.356. The molecule has 6 nitrogen and oxygen atoms in total. The van der Waals surface area contributed by atoms with Crippen LogP contribution in [0.15, 0.2) is 30.5 Å². The SMILES string of the molecule is C#CCNc1nc(Nc2ccc(CNC(=O)C(F)(F)F)cc2)ncc1C(F)(F)F. The fraction of sp³-hybridized carbons (Fsp3) is 0.235. The van der Waals surface area contributed by atoms with E-state index in [1.807, 2.05) is 0 Å². The Morgan fingerprint density at radius 1 is 1.10 bits per heavy atom. The molecule has 154 valence electrons. The molecule has 0 radical (unpaired) electrons. The van der Waals surface area contributed by atoms with E-state index < -0.39 is 29.6 Å². The molecule has 0 aliphatic carbocycles. The predicted molar refractivity (Wildman–Crippen MR) is 92.0 cm³/mol. The van der Waals surface area contributed by atoms with Gasteiger partial charge in [-0.15, -0.1) is 6.42 Å². The molecule has 1 aromatic heterocycles. The minimum Gasteiger partial charge on any atom is -0.358 e. The molecule has 0 bridgehead atoms. The van der Waals surface area contributed by atoms with Crippen LogP contribution in [0.25, 0.3) is 0 Å². The van der Waals surface area contributed by atoms with E-state index in [1.54, 1.807) is 5.32 Å². The molecule has 0 aliphatic heterocycles. The normalized spacial score (nSPS) is 11.5. The number of benzene rings is 1. The van der Waals surface area contributed by atoms with Crippen molar-refractivity contribution in [3.63, 3.8) is 0 Å². The van der Waals surface area contributed by atoms with Crippen molar-refractivity contribution in [3.8, 4) is 12.3 Å². The van der Waals surface area contributed by atoms with Crippen LogP contribution >= 0.6 is 0 Å². The first-order valence-electron chi connectivity index (χ1n) is 7.83. The van der Waals surface area contributed by atoms with Crippen molar-refractivity contribution in [2.24, 2.45) is 0 Å². The fourth-order valence-electron chi connectivity index (χ4n) is 2.04. The summed E-state index contributed by atoms with van der Waals surface area (Å²) in [5.74, 6) is -0.582. The monoisotopic (exact) mass is 417 g/mol. The molecule has 0 aliphatic rings. The average molecular weight is 417 g/mol. The summed E-state index contributed by atoms with van der Waals surface area (Å²) < 4.78 is 75.4. The van der Waals surface area contributed by atoms with Crippen molar-refractivity contribution < 1.29 is 31.1 Å². The first-order chi connectivity index (χ1) is 13.5. The highest BCUT2D eigenvalue weighted by Crippen LogP contribution is 2.34. The molecular formula is C17H13F6N5O. The minimum atomic E-state index is -4.98. The third-order valence-electron chi connectivity index (χ3n) is 3.37. The lowest BCUT2D eigenvalue weighted by atomic mass is 10.2. The van der Waals surface area contributed by atoms with Gasteiger partial charge in [-0.2, -0.15) is 31.3 Å². The first kappa shape index (κ1) is 21.8. The van der Waals surface area contributed by atoms with Gasteiger partial charge in [0.1, 0.15) is 11.4 Å². The number of alkyl halides is 6. The van der Waals surface area contributed by atoms with Gasteiger partial charge >= 0.3 is 18.3 Å². The number of hydrogen-bond donors (Lipinski definition) is 3. The number of anilines is 3. The van der Waals surface area contributed by atoms with Crippen molar-refractivity contribution in [1.29, 1.82) is 0 Å². The molecule has 1 amide bonds. The van der Waals surface area contributed by atoms with Gasteiger partial charge in [-0.25, -0.2) is 4.98 Å². The maximum absolute atomic E-state index is 13.0. The Labute approximate surface area is 160 Å². The van der Waals surface area contributed by atoms with Crippen LogP contribution in [0, 0.1) is 12.3 Å². The van der Waals surface area contributed by atoms with E-state index in [-0.39, 0.29) is 19.0 Å². The number of amides is 1.